The molecule has 2 heterocycles. The Hall–Kier alpha value is -1.22. The van der Waals surface area contributed by atoms with Crippen molar-refractivity contribution in [1.82, 2.24) is 5.32 Å². The summed E-state index contributed by atoms with van der Waals surface area (Å²) in [6.45, 7) is 3.68. The molecular weight excluding hydrogens is 202 g/mol. The average Bonchev–Trinajstić information content (AvgIpc) is 2.77. The number of nitrogens with one attached hydrogen (secondary N) is 1. The topological polar surface area (TPSA) is 30.5 Å². The van der Waals surface area contributed by atoms with E-state index in [0.29, 0.717) is 18.8 Å². The molecule has 0 aliphatic carbocycles. The zero-order valence-electron chi connectivity index (χ0n) is 9.53. The number of hydrogen-bond acceptors (Lipinski definition) is 3. The predicted molar refractivity (Wildman–Crippen MR) is 62.0 cm³/mol. The van der Waals surface area contributed by atoms with E-state index in [1.165, 1.54) is 18.4 Å². The molecule has 0 aromatic heterocycles. The molecule has 1 N–H and O–H groups in total. The van der Waals surface area contributed by atoms with Crippen LogP contribution in [0.15, 0.2) is 18.2 Å². The summed E-state index contributed by atoms with van der Waals surface area (Å²) in [5.74, 6) is 2.39. The van der Waals surface area contributed by atoms with Crippen molar-refractivity contribution in [1.29, 1.82) is 0 Å². The maximum atomic E-state index is 5.41. The minimum absolute atomic E-state index is 0.360. The smallest absolute Gasteiger partial charge is 0.231 e. The minimum atomic E-state index is 0.360. The van der Waals surface area contributed by atoms with Gasteiger partial charge in [-0.05, 0) is 43.4 Å². The fraction of sp³-hybridized carbons (Fsp3) is 0.538. The Balaban J connectivity index is 1.79. The molecule has 0 bridgehead atoms. The average molecular weight is 219 g/mol. The van der Waals surface area contributed by atoms with Crippen molar-refractivity contribution in [2.45, 2.75) is 31.7 Å². The molecule has 3 heteroatoms. The van der Waals surface area contributed by atoms with Crippen molar-refractivity contribution in [3.63, 3.8) is 0 Å². The Bertz CT molecular complexity index is 384. The lowest BCUT2D eigenvalue weighted by Gasteiger charge is -2.28. The highest BCUT2D eigenvalue weighted by atomic mass is 16.7. The molecule has 1 aromatic rings. The summed E-state index contributed by atoms with van der Waals surface area (Å²) in [7, 11) is 0. The highest BCUT2D eigenvalue weighted by Gasteiger charge is 2.21. The van der Waals surface area contributed by atoms with E-state index in [1.807, 2.05) is 6.07 Å². The zero-order chi connectivity index (χ0) is 11.0. The minimum Gasteiger partial charge on any atom is -0.454 e. The first kappa shape index (κ1) is 9.97. The van der Waals surface area contributed by atoms with Crippen LogP contribution in [0.5, 0.6) is 11.5 Å². The van der Waals surface area contributed by atoms with Gasteiger partial charge in [-0.15, -0.1) is 0 Å². The summed E-state index contributed by atoms with van der Waals surface area (Å²) in [6, 6.07) is 6.97. The van der Waals surface area contributed by atoms with Gasteiger partial charge >= 0.3 is 0 Å². The number of piperidine rings is 1. The van der Waals surface area contributed by atoms with Crippen LogP contribution in [0, 0.1) is 0 Å². The van der Waals surface area contributed by atoms with E-state index < -0.39 is 0 Å². The van der Waals surface area contributed by atoms with E-state index in [4.69, 9.17) is 9.47 Å². The van der Waals surface area contributed by atoms with Gasteiger partial charge in [0.2, 0.25) is 6.79 Å². The van der Waals surface area contributed by atoms with E-state index in [0.717, 1.165) is 18.0 Å². The first-order valence-corrected chi connectivity index (χ1v) is 5.96. The van der Waals surface area contributed by atoms with Gasteiger partial charge in [0.25, 0.3) is 0 Å². The summed E-state index contributed by atoms with van der Waals surface area (Å²) in [4.78, 5) is 0. The highest BCUT2D eigenvalue weighted by molar-refractivity contribution is 5.45. The molecule has 1 fully saturated rings. The van der Waals surface area contributed by atoms with E-state index in [2.05, 4.69) is 24.4 Å². The molecule has 3 nitrogen and oxygen atoms in total. The molecule has 0 amide bonds. The van der Waals surface area contributed by atoms with Crippen LogP contribution in [-0.4, -0.2) is 19.4 Å². The summed E-state index contributed by atoms with van der Waals surface area (Å²) in [6.07, 6.45) is 2.51. The molecule has 0 radical (unpaired) electrons. The molecule has 0 saturated carbocycles. The zero-order valence-corrected chi connectivity index (χ0v) is 9.53. The fourth-order valence-corrected chi connectivity index (χ4v) is 2.45. The second kappa shape index (κ2) is 3.98. The van der Waals surface area contributed by atoms with Gasteiger partial charge < -0.3 is 14.8 Å². The second-order valence-corrected chi connectivity index (χ2v) is 4.70. The SMILES string of the molecule is CC1CCC(c2ccc3c(c2)OCO3)CN1. The molecule has 2 atom stereocenters. The Morgan fingerprint density at radius 3 is 2.88 bits per heavy atom. The normalized spacial score (nSPS) is 28.1. The van der Waals surface area contributed by atoms with E-state index in [-0.39, 0.29) is 0 Å². The van der Waals surface area contributed by atoms with Gasteiger partial charge in [-0.2, -0.15) is 0 Å². The summed E-state index contributed by atoms with van der Waals surface area (Å²) in [5, 5.41) is 3.53. The third-order valence-corrected chi connectivity index (χ3v) is 3.53. The summed E-state index contributed by atoms with van der Waals surface area (Å²) in [5.41, 5.74) is 1.36. The van der Waals surface area contributed by atoms with Gasteiger partial charge in [-0.25, -0.2) is 0 Å². The van der Waals surface area contributed by atoms with Crippen LogP contribution >= 0.6 is 0 Å². The number of hydrogen-bond donors (Lipinski definition) is 1. The van der Waals surface area contributed by atoms with E-state index >= 15 is 0 Å². The fourth-order valence-electron chi connectivity index (χ4n) is 2.45. The molecule has 3 rings (SSSR count). The molecule has 0 spiro atoms. The third kappa shape index (κ3) is 1.76. The first-order chi connectivity index (χ1) is 7.83. The van der Waals surface area contributed by atoms with Gasteiger partial charge in [0.1, 0.15) is 0 Å². The molecular formula is C13H17NO2. The molecule has 86 valence electrons. The molecule has 2 aliphatic heterocycles. The maximum Gasteiger partial charge on any atom is 0.231 e. The van der Waals surface area contributed by atoms with Gasteiger partial charge in [0.05, 0.1) is 0 Å². The highest BCUT2D eigenvalue weighted by Crippen LogP contribution is 2.36. The lowest BCUT2D eigenvalue weighted by molar-refractivity contribution is 0.174. The predicted octanol–water partition coefficient (Wildman–Crippen LogP) is 2.27. The number of rotatable bonds is 1. The van der Waals surface area contributed by atoms with Crippen LogP contribution in [0.25, 0.3) is 0 Å². The lowest BCUT2D eigenvalue weighted by atomic mass is 9.89. The van der Waals surface area contributed by atoms with Crippen LogP contribution < -0.4 is 14.8 Å². The summed E-state index contributed by atoms with van der Waals surface area (Å²) < 4.78 is 10.7. The molecule has 1 saturated heterocycles. The van der Waals surface area contributed by atoms with Crippen LogP contribution in [0.1, 0.15) is 31.2 Å². The molecule has 16 heavy (non-hydrogen) atoms. The van der Waals surface area contributed by atoms with E-state index in [1.54, 1.807) is 0 Å². The van der Waals surface area contributed by atoms with E-state index in [9.17, 15) is 0 Å². The number of fused-ring (bicyclic) bond motifs is 1. The largest absolute Gasteiger partial charge is 0.454 e. The quantitative estimate of drug-likeness (QED) is 0.786. The van der Waals surface area contributed by atoms with Crippen molar-refractivity contribution < 1.29 is 9.47 Å². The van der Waals surface area contributed by atoms with Crippen LogP contribution in [0.3, 0.4) is 0 Å². The van der Waals surface area contributed by atoms with Gasteiger partial charge in [-0.3, -0.25) is 0 Å². The van der Waals surface area contributed by atoms with Crippen molar-refractivity contribution in [3.8, 4) is 11.5 Å². The Morgan fingerprint density at radius 1 is 1.19 bits per heavy atom. The van der Waals surface area contributed by atoms with Crippen LogP contribution in [0.4, 0.5) is 0 Å². The number of benzene rings is 1. The Labute approximate surface area is 95.8 Å². The maximum absolute atomic E-state index is 5.41. The Morgan fingerprint density at radius 2 is 2.06 bits per heavy atom. The standard InChI is InChI=1S/C13H17NO2/c1-9-2-3-11(7-14-9)10-4-5-12-13(6-10)16-8-15-12/h4-6,9,11,14H,2-3,7-8H2,1H3. The molecule has 2 aliphatic rings. The molecule has 1 aromatic carbocycles. The second-order valence-electron chi connectivity index (χ2n) is 4.70. The Kier molecular flexibility index (Phi) is 2.48. The van der Waals surface area contributed by atoms with Gasteiger partial charge in [-0.1, -0.05) is 6.07 Å². The first-order valence-electron chi connectivity index (χ1n) is 5.96. The number of ether oxygens (including phenoxy) is 2. The van der Waals surface area contributed by atoms with Crippen molar-refractivity contribution >= 4 is 0 Å². The molecule has 2 unspecified atom stereocenters. The van der Waals surface area contributed by atoms with Crippen molar-refractivity contribution in [2.75, 3.05) is 13.3 Å². The van der Waals surface area contributed by atoms with Crippen LogP contribution in [-0.2, 0) is 0 Å². The van der Waals surface area contributed by atoms with Crippen molar-refractivity contribution in [3.05, 3.63) is 23.8 Å². The van der Waals surface area contributed by atoms with Crippen LogP contribution in [0.2, 0.25) is 0 Å². The third-order valence-electron chi connectivity index (χ3n) is 3.53. The monoisotopic (exact) mass is 219 g/mol. The summed E-state index contributed by atoms with van der Waals surface area (Å²) >= 11 is 0. The van der Waals surface area contributed by atoms with Gasteiger partial charge in [0.15, 0.2) is 11.5 Å². The van der Waals surface area contributed by atoms with Gasteiger partial charge in [0, 0.05) is 12.6 Å². The lowest BCUT2D eigenvalue weighted by Crippen LogP contribution is -2.35. The van der Waals surface area contributed by atoms with Crippen molar-refractivity contribution in [2.24, 2.45) is 0 Å².